The Kier molecular flexibility index (Phi) is 5.34. The average molecular weight is 343 g/mol. The lowest BCUT2D eigenvalue weighted by atomic mass is 10.1. The summed E-state index contributed by atoms with van der Waals surface area (Å²) in [7, 11) is 1.87. The fraction of sp³-hybridized carbons (Fsp3) is 0.444. The monoisotopic (exact) mass is 343 g/mol. The van der Waals surface area contributed by atoms with Crippen LogP contribution in [0.4, 0.5) is 5.00 Å². The molecule has 0 fully saturated rings. The van der Waals surface area contributed by atoms with Gasteiger partial charge in [0, 0.05) is 4.88 Å². The third-order valence-corrected chi connectivity index (χ3v) is 5.41. The first-order valence-corrected chi connectivity index (χ1v) is 9.04. The molecule has 6 heteroatoms. The number of hydrogen-bond donors (Lipinski definition) is 1. The highest BCUT2D eigenvalue weighted by Gasteiger charge is 2.21. The van der Waals surface area contributed by atoms with Crippen LogP contribution in [0.15, 0.2) is 22.8 Å². The van der Waals surface area contributed by atoms with Gasteiger partial charge in [-0.05, 0) is 50.4 Å². The van der Waals surface area contributed by atoms with Gasteiger partial charge in [-0.25, -0.2) is 0 Å². The summed E-state index contributed by atoms with van der Waals surface area (Å²) in [6, 6.07) is 6.02. The van der Waals surface area contributed by atoms with Crippen molar-refractivity contribution in [2.75, 3.05) is 18.9 Å². The van der Waals surface area contributed by atoms with Crippen molar-refractivity contribution >= 4 is 22.2 Å². The van der Waals surface area contributed by atoms with Crippen LogP contribution in [0.5, 0.6) is 0 Å². The number of carbonyl (C=O) groups excluding carboxylic acids is 1. The van der Waals surface area contributed by atoms with Gasteiger partial charge in [-0.1, -0.05) is 6.42 Å². The molecule has 3 rings (SSSR count). The molecule has 0 saturated carbocycles. The fourth-order valence-electron chi connectivity index (χ4n) is 3.08. The van der Waals surface area contributed by atoms with Crippen LogP contribution in [0.25, 0.3) is 0 Å². The number of nitrogens with one attached hydrogen (secondary N) is 1. The van der Waals surface area contributed by atoms with Gasteiger partial charge < -0.3 is 9.73 Å². The van der Waals surface area contributed by atoms with Gasteiger partial charge in [-0.3, -0.25) is 9.69 Å². The van der Waals surface area contributed by atoms with E-state index in [0.29, 0.717) is 17.1 Å². The number of carbonyl (C=O) groups is 1. The maximum absolute atomic E-state index is 12.3. The molecule has 5 nitrogen and oxygen atoms in total. The largest absolute Gasteiger partial charge is 0.468 e. The van der Waals surface area contributed by atoms with Crippen LogP contribution in [0, 0.1) is 11.3 Å². The molecule has 1 amide bonds. The van der Waals surface area contributed by atoms with Crippen LogP contribution in [-0.2, 0) is 24.2 Å². The summed E-state index contributed by atoms with van der Waals surface area (Å²) in [5.41, 5.74) is 1.82. The summed E-state index contributed by atoms with van der Waals surface area (Å²) in [5, 5.41) is 13.1. The quantitative estimate of drug-likeness (QED) is 0.843. The van der Waals surface area contributed by atoms with Gasteiger partial charge in [-0.15, -0.1) is 11.3 Å². The highest BCUT2D eigenvalue weighted by atomic mass is 32.1. The summed E-state index contributed by atoms with van der Waals surface area (Å²) < 4.78 is 5.29. The number of aryl methyl sites for hydroxylation is 1. The third kappa shape index (κ3) is 3.86. The van der Waals surface area contributed by atoms with E-state index in [1.807, 2.05) is 24.1 Å². The fourth-order valence-corrected chi connectivity index (χ4v) is 4.34. The molecule has 0 unspecified atom stereocenters. The number of anilines is 1. The Hall–Kier alpha value is -2.10. The second-order valence-electron chi connectivity index (χ2n) is 6.18. The van der Waals surface area contributed by atoms with Gasteiger partial charge in [-0.2, -0.15) is 5.26 Å². The summed E-state index contributed by atoms with van der Waals surface area (Å²) in [4.78, 5) is 15.5. The molecule has 1 aliphatic rings. The van der Waals surface area contributed by atoms with Crippen molar-refractivity contribution < 1.29 is 9.21 Å². The highest BCUT2D eigenvalue weighted by Crippen LogP contribution is 2.36. The van der Waals surface area contributed by atoms with E-state index in [9.17, 15) is 10.1 Å². The zero-order valence-corrected chi connectivity index (χ0v) is 14.6. The molecule has 0 spiro atoms. The SMILES string of the molecule is CN(CC(=O)Nc1sc2c(c1C#N)CCCCC2)Cc1ccco1. The maximum atomic E-state index is 12.3. The maximum Gasteiger partial charge on any atom is 0.239 e. The Bertz CT molecular complexity index is 743. The topological polar surface area (TPSA) is 69.3 Å². The van der Waals surface area contributed by atoms with Gasteiger partial charge in [0.1, 0.15) is 16.8 Å². The zero-order chi connectivity index (χ0) is 16.9. The van der Waals surface area contributed by atoms with E-state index in [-0.39, 0.29) is 12.5 Å². The number of hydrogen-bond acceptors (Lipinski definition) is 5. The second kappa shape index (κ2) is 7.65. The lowest BCUT2D eigenvalue weighted by Gasteiger charge is -2.14. The predicted octanol–water partition coefficient (Wildman–Crippen LogP) is 3.55. The van der Waals surface area contributed by atoms with Crippen molar-refractivity contribution in [2.24, 2.45) is 0 Å². The van der Waals surface area contributed by atoms with Gasteiger partial charge in [0.05, 0.1) is 24.9 Å². The molecule has 126 valence electrons. The van der Waals surface area contributed by atoms with Crippen molar-refractivity contribution in [3.05, 3.63) is 40.2 Å². The van der Waals surface area contributed by atoms with E-state index < -0.39 is 0 Å². The normalized spacial score (nSPS) is 14.0. The molecule has 0 aromatic carbocycles. The van der Waals surface area contributed by atoms with Crippen molar-refractivity contribution in [1.29, 1.82) is 5.26 Å². The first kappa shape index (κ1) is 16.7. The summed E-state index contributed by atoms with van der Waals surface area (Å²) >= 11 is 1.57. The summed E-state index contributed by atoms with van der Waals surface area (Å²) in [6.45, 7) is 0.834. The van der Waals surface area contributed by atoms with Crippen LogP contribution in [0.2, 0.25) is 0 Å². The highest BCUT2D eigenvalue weighted by molar-refractivity contribution is 7.16. The minimum atomic E-state index is -0.100. The van der Waals surface area contributed by atoms with Crippen LogP contribution in [0.1, 0.15) is 41.0 Å². The molecular formula is C18H21N3O2S. The number of nitriles is 1. The molecule has 2 heterocycles. The van der Waals surface area contributed by atoms with Crippen LogP contribution in [-0.4, -0.2) is 24.4 Å². The van der Waals surface area contributed by atoms with E-state index in [4.69, 9.17) is 4.42 Å². The van der Waals surface area contributed by atoms with E-state index in [1.54, 1.807) is 17.6 Å². The lowest BCUT2D eigenvalue weighted by Crippen LogP contribution is -2.29. The van der Waals surface area contributed by atoms with Crippen LogP contribution < -0.4 is 5.32 Å². The Labute approximate surface area is 145 Å². The lowest BCUT2D eigenvalue weighted by molar-refractivity contribution is -0.117. The smallest absolute Gasteiger partial charge is 0.239 e. The second-order valence-corrected chi connectivity index (χ2v) is 7.29. The molecule has 0 atom stereocenters. The summed E-state index contributed by atoms with van der Waals surface area (Å²) in [5.74, 6) is 0.725. The number of fused-ring (bicyclic) bond motifs is 1. The number of amides is 1. The first-order valence-electron chi connectivity index (χ1n) is 8.23. The Morgan fingerprint density at radius 1 is 1.42 bits per heavy atom. The Morgan fingerprint density at radius 3 is 3.00 bits per heavy atom. The predicted molar refractivity (Wildman–Crippen MR) is 94.0 cm³/mol. The molecule has 2 aromatic rings. The van der Waals surface area contributed by atoms with E-state index >= 15 is 0 Å². The van der Waals surface area contributed by atoms with Crippen LogP contribution in [0.3, 0.4) is 0 Å². The van der Waals surface area contributed by atoms with Crippen molar-refractivity contribution in [3.8, 4) is 6.07 Å². The number of nitrogens with zero attached hydrogens (tertiary/aromatic N) is 2. The number of furan rings is 1. The number of rotatable bonds is 5. The molecular weight excluding hydrogens is 322 g/mol. The zero-order valence-electron chi connectivity index (χ0n) is 13.8. The third-order valence-electron chi connectivity index (χ3n) is 4.21. The molecule has 1 aliphatic carbocycles. The van der Waals surface area contributed by atoms with Gasteiger partial charge >= 0.3 is 0 Å². The van der Waals surface area contributed by atoms with E-state index in [0.717, 1.165) is 37.0 Å². The minimum absolute atomic E-state index is 0.100. The summed E-state index contributed by atoms with van der Waals surface area (Å²) in [6.07, 6.45) is 7.09. The molecule has 1 N–H and O–H groups in total. The molecule has 24 heavy (non-hydrogen) atoms. The number of thiophene rings is 1. The van der Waals surface area contributed by atoms with Gasteiger partial charge in [0.25, 0.3) is 0 Å². The van der Waals surface area contributed by atoms with Crippen molar-refractivity contribution in [1.82, 2.24) is 4.90 Å². The van der Waals surface area contributed by atoms with Gasteiger partial charge in [0.2, 0.25) is 5.91 Å². The van der Waals surface area contributed by atoms with E-state index in [2.05, 4.69) is 11.4 Å². The average Bonchev–Trinajstić information content (AvgIpc) is 3.09. The molecule has 0 aliphatic heterocycles. The Balaban J connectivity index is 1.65. The van der Waals surface area contributed by atoms with Crippen molar-refractivity contribution in [3.63, 3.8) is 0 Å². The van der Waals surface area contributed by atoms with Gasteiger partial charge in [0.15, 0.2) is 0 Å². The minimum Gasteiger partial charge on any atom is -0.468 e. The molecule has 0 bridgehead atoms. The Morgan fingerprint density at radius 2 is 2.25 bits per heavy atom. The van der Waals surface area contributed by atoms with Crippen LogP contribution >= 0.6 is 11.3 Å². The number of likely N-dealkylation sites (N-methyl/N-ethyl adjacent to an activating group) is 1. The van der Waals surface area contributed by atoms with Crippen molar-refractivity contribution in [2.45, 2.75) is 38.6 Å². The molecule has 0 radical (unpaired) electrons. The molecule has 2 aromatic heterocycles. The first-order chi connectivity index (χ1) is 11.7. The standard InChI is InChI=1S/C18H21N3O2S/c1-21(11-13-6-5-9-23-13)12-17(22)20-18-15(10-19)14-7-3-2-4-8-16(14)24-18/h5-6,9H,2-4,7-8,11-12H2,1H3,(H,20,22). The van der Waals surface area contributed by atoms with E-state index in [1.165, 1.54) is 11.3 Å². The molecule has 0 saturated heterocycles.